The zero-order valence-corrected chi connectivity index (χ0v) is 26.0. The molecule has 0 spiro atoms. The molecule has 0 radical (unpaired) electrons. The Balaban J connectivity index is 1.18. The summed E-state index contributed by atoms with van der Waals surface area (Å²) in [5.74, 6) is -3.42. The first-order valence-electron chi connectivity index (χ1n) is 15.9. The normalized spacial score (nSPS) is 17.2. The van der Waals surface area contributed by atoms with Gasteiger partial charge in [0, 0.05) is 11.1 Å². The first-order chi connectivity index (χ1) is 22.3. The number of ether oxygens (including phenoxy) is 1. The van der Waals surface area contributed by atoms with Gasteiger partial charge < -0.3 is 4.74 Å². The molecule has 0 aromatic heterocycles. The van der Waals surface area contributed by atoms with E-state index < -0.39 is 47.8 Å². The van der Waals surface area contributed by atoms with Crippen LogP contribution in [-0.4, -0.2) is 12.3 Å². The predicted molar refractivity (Wildman–Crippen MR) is 167 cm³/mol. The van der Waals surface area contributed by atoms with Crippen molar-refractivity contribution in [1.29, 1.82) is 0 Å². The van der Waals surface area contributed by atoms with Crippen LogP contribution in [0, 0.1) is 17.5 Å². The molecule has 0 atom stereocenters. The molecule has 250 valence electrons. The van der Waals surface area contributed by atoms with Crippen molar-refractivity contribution in [3.63, 3.8) is 0 Å². The molecule has 0 amide bonds. The van der Waals surface area contributed by atoms with E-state index in [0.717, 1.165) is 36.8 Å². The molecule has 47 heavy (non-hydrogen) atoms. The maximum atomic E-state index is 15.1. The van der Waals surface area contributed by atoms with E-state index in [1.54, 1.807) is 18.2 Å². The monoisotopic (exact) mass is 660 g/mol. The number of hydrogen-bond acceptors (Lipinski definition) is 1. The van der Waals surface area contributed by atoms with E-state index in [1.165, 1.54) is 24.3 Å². The van der Waals surface area contributed by atoms with Gasteiger partial charge in [-0.3, -0.25) is 0 Å². The molecule has 5 rings (SSSR count). The van der Waals surface area contributed by atoms with Crippen molar-refractivity contribution >= 4 is 0 Å². The fourth-order valence-electron chi connectivity index (χ4n) is 6.24. The second-order valence-corrected chi connectivity index (χ2v) is 12.3. The van der Waals surface area contributed by atoms with Crippen LogP contribution in [0.25, 0.3) is 22.3 Å². The van der Waals surface area contributed by atoms with E-state index in [9.17, 15) is 30.7 Å². The molecule has 4 aromatic rings. The van der Waals surface area contributed by atoms with Gasteiger partial charge in [-0.2, -0.15) is 22.0 Å². The summed E-state index contributed by atoms with van der Waals surface area (Å²) in [5.41, 5.74) is 1.64. The highest BCUT2D eigenvalue weighted by molar-refractivity contribution is 5.71. The van der Waals surface area contributed by atoms with Gasteiger partial charge in [-0.05, 0) is 90.5 Å². The summed E-state index contributed by atoms with van der Waals surface area (Å²) in [6.07, 6.45) is -4.05. The van der Waals surface area contributed by atoms with Crippen molar-refractivity contribution in [2.24, 2.45) is 0 Å². The van der Waals surface area contributed by atoms with Gasteiger partial charge in [0.15, 0.2) is 0 Å². The Morgan fingerprint density at radius 1 is 0.660 bits per heavy atom. The van der Waals surface area contributed by atoms with Gasteiger partial charge in [0.2, 0.25) is 0 Å². The van der Waals surface area contributed by atoms with E-state index in [2.05, 4.69) is 6.92 Å². The minimum absolute atomic E-state index is 0.142. The number of halogens is 8. The van der Waals surface area contributed by atoms with Crippen LogP contribution in [0.3, 0.4) is 0 Å². The molecule has 0 bridgehead atoms. The van der Waals surface area contributed by atoms with Gasteiger partial charge >= 0.3 is 12.3 Å². The maximum absolute atomic E-state index is 15.1. The number of benzene rings is 4. The standard InChI is InChI=1S/C38H36F8O/c1-2-3-4-5-24-6-15-30(16-7-24)38(45,46)47-31-17-12-26(13-18-31)25-8-10-27(11-9-25)28-14-19-32(34(39)20-28)29-21-35(40)33(36(41)22-29)23-37(42,43)44/h6-11,14-16,19-22,26,31H,2-5,12-13,17-18,23H2,1H3. The fraction of sp³-hybridized carbons (Fsp3) is 0.368. The lowest BCUT2D eigenvalue weighted by molar-refractivity contribution is -0.277. The second kappa shape index (κ2) is 14.6. The molecule has 4 aromatic carbocycles. The summed E-state index contributed by atoms with van der Waals surface area (Å²) in [6.45, 7) is 2.12. The van der Waals surface area contributed by atoms with Crippen LogP contribution in [0.15, 0.2) is 78.9 Å². The van der Waals surface area contributed by atoms with Gasteiger partial charge in [0.25, 0.3) is 0 Å². The number of alkyl halides is 5. The lowest BCUT2D eigenvalue weighted by Gasteiger charge is -2.31. The fourth-order valence-corrected chi connectivity index (χ4v) is 6.24. The van der Waals surface area contributed by atoms with Crippen LogP contribution in [0.2, 0.25) is 0 Å². The highest BCUT2D eigenvalue weighted by Crippen LogP contribution is 2.40. The highest BCUT2D eigenvalue weighted by atomic mass is 19.4. The molecule has 1 nitrogen and oxygen atoms in total. The van der Waals surface area contributed by atoms with Crippen molar-refractivity contribution < 1.29 is 39.9 Å². The first kappa shape index (κ1) is 34.6. The first-order valence-corrected chi connectivity index (χ1v) is 15.9. The average molecular weight is 661 g/mol. The third-order valence-electron chi connectivity index (χ3n) is 8.86. The summed E-state index contributed by atoms with van der Waals surface area (Å²) in [4.78, 5) is 0. The van der Waals surface area contributed by atoms with Crippen molar-refractivity contribution in [1.82, 2.24) is 0 Å². The van der Waals surface area contributed by atoms with E-state index in [-0.39, 0.29) is 22.6 Å². The Kier molecular flexibility index (Phi) is 10.7. The van der Waals surface area contributed by atoms with E-state index in [4.69, 9.17) is 4.74 Å². The quantitative estimate of drug-likeness (QED) is 0.115. The number of rotatable bonds is 11. The number of hydrogen-bond donors (Lipinski definition) is 0. The van der Waals surface area contributed by atoms with Gasteiger partial charge in [-0.1, -0.05) is 80.4 Å². The van der Waals surface area contributed by atoms with Crippen LogP contribution in [0.5, 0.6) is 0 Å². The van der Waals surface area contributed by atoms with Crippen molar-refractivity contribution in [2.45, 2.75) is 89.0 Å². The Morgan fingerprint density at radius 2 is 1.26 bits per heavy atom. The zero-order valence-electron chi connectivity index (χ0n) is 26.0. The summed E-state index contributed by atoms with van der Waals surface area (Å²) in [6, 6.07) is 19.3. The number of aryl methyl sites for hydroxylation is 1. The van der Waals surface area contributed by atoms with E-state index in [1.807, 2.05) is 24.3 Å². The summed E-state index contributed by atoms with van der Waals surface area (Å²) in [7, 11) is 0. The minimum atomic E-state index is -4.79. The second-order valence-electron chi connectivity index (χ2n) is 12.3. The van der Waals surface area contributed by atoms with Crippen LogP contribution < -0.4 is 0 Å². The van der Waals surface area contributed by atoms with Gasteiger partial charge in [-0.25, -0.2) is 13.2 Å². The Hall–Kier alpha value is -3.72. The van der Waals surface area contributed by atoms with Crippen molar-refractivity contribution in [3.8, 4) is 22.3 Å². The van der Waals surface area contributed by atoms with Gasteiger partial charge in [0.1, 0.15) is 17.5 Å². The molecule has 0 N–H and O–H groups in total. The SMILES string of the molecule is CCCCCc1ccc(C(F)(F)OC2CCC(c3ccc(-c4ccc(-c5cc(F)c(CC(F)(F)F)c(F)c5)c(F)c4)cc3)CC2)cc1. The smallest absolute Gasteiger partial charge is 0.313 e. The van der Waals surface area contributed by atoms with Crippen LogP contribution >= 0.6 is 0 Å². The topological polar surface area (TPSA) is 9.23 Å². The van der Waals surface area contributed by atoms with Crippen molar-refractivity contribution in [2.75, 3.05) is 0 Å². The molecule has 9 heteroatoms. The Morgan fingerprint density at radius 3 is 1.83 bits per heavy atom. The third-order valence-corrected chi connectivity index (χ3v) is 8.86. The lowest BCUT2D eigenvalue weighted by Crippen LogP contribution is -2.29. The lowest BCUT2D eigenvalue weighted by atomic mass is 9.82. The Labute approximate surface area is 269 Å². The number of unbranched alkanes of at least 4 members (excludes halogenated alkanes) is 2. The Bertz CT molecular complexity index is 1610. The van der Waals surface area contributed by atoms with E-state index >= 15 is 4.39 Å². The summed E-state index contributed by atoms with van der Waals surface area (Å²) >= 11 is 0. The van der Waals surface area contributed by atoms with Gasteiger partial charge in [-0.15, -0.1) is 0 Å². The zero-order chi connectivity index (χ0) is 33.8. The van der Waals surface area contributed by atoms with Crippen LogP contribution in [0.1, 0.15) is 80.0 Å². The van der Waals surface area contributed by atoms with Gasteiger partial charge in [0.05, 0.1) is 18.1 Å². The van der Waals surface area contributed by atoms with Crippen LogP contribution in [-0.2, 0) is 23.7 Å². The molecular formula is C38H36F8O. The largest absolute Gasteiger partial charge is 0.393 e. The molecule has 1 fully saturated rings. The minimum Gasteiger partial charge on any atom is -0.313 e. The van der Waals surface area contributed by atoms with Crippen LogP contribution in [0.4, 0.5) is 35.1 Å². The molecule has 1 saturated carbocycles. The molecule has 1 aliphatic carbocycles. The average Bonchev–Trinajstić information content (AvgIpc) is 3.03. The predicted octanol–water partition coefficient (Wildman–Crippen LogP) is 12.1. The summed E-state index contributed by atoms with van der Waals surface area (Å²) in [5, 5.41) is 0. The molecular weight excluding hydrogens is 624 g/mol. The molecule has 0 unspecified atom stereocenters. The molecule has 1 aliphatic rings. The third kappa shape index (κ3) is 8.80. The maximum Gasteiger partial charge on any atom is 0.393 e. The molecule has 0 heterocycles. The highest BCUT2D eigenvalue weighted by Gasteiger charge is 2.37. The molecule has 0 aliphatic heterocycles. The van der Waals surface area contributed by atoms with Crippen molar-refractivity contribution in [3.05, 3.63) is 119 Å². The van der Waals surface area contributed by atoms with E-state index in [0.29, 0.717) is 48.9 Å². The molecule has 0 saturated heterocycles. The summed E-state index contributed by atoms with van der Waals surface area (Å²) < 4.78 is 117.